The average molecular weight is 322 g/mol. The second kappa shape index (κ2) is 8.13. The van der Waals surface area contributed by atoms with Gasteiger partial charge in [0.15, 0.2) is 0 Å². The zero-order valence-electron chi connectivity index (χ0n) is 14.0. The van der Waals surface area contributed by atoms with Gasteiger partial charge in [0.25, 0.3) is 5.91 Å². The van der Waals surface area contributed by atoms with Gasteiger partial charge in [0.05, 0.1) is 5.69 Å². The van der Waals surface area contributed by atoms with Gasteiger partial charge in [-0.15, -0.1) is 0 Å². The summed E-state index contributed by atoms with van der Waals surface area (Å²) in [5.74, 6) is -0.0331. The van der Waals surface area contributed by atoms with Crippen LogP contribution in [-0.2, 0) is 4.79 Å². The zero-order chi connectivity index (χ0) is 16.8. The minimum atomic E-state index is -0.779. The largest absolute Gasteiger partial charge is 0.481 e. The van der Waals surface area contributed by atoms with Gasteiger partial charge in [0.1, 0.15) is 0 Å². The SMILES string of the molecule is CCC(CC)c1cc(C(=O)N2CCCC(CCC(=O)O)C2)on1. The number of carboxylic acids is 1. The maximum Gasteiger partial charge on any atom is 0.303 e. The molecular weight excluding hydrogens is 296 g/mol. The van der Waals surface area contributed by atoms with Gasteiger partial charge >= 0.3 is 5.97 Å². The van der Waals surface area contributed by atoms with E-state index in [4.69, 9.17) is 9.63 Å². The van der Waals surface area contributed by atoms with Gasteiger partial charge in [-0.05, 0) is 38.0 Å². The minimum absolute atomic E-state index is 0.130. The number of aliphatic carboxylic acids is 1. The Morgan fingerprint density at radius 2 is 2.17 bits per heavy atom. The summed E-state index contributed by atoms with van der Waals surface area (Å²) in [4.78, 5) is 25.0. The lowest BCUT2D eigenvalue weighted by Crippen LogP contribution is -2.39. The first-order valence-electron chi connectivity index (χ1n) is 8.52. The first-order chi connectivity index (χ1) is 11.0. The van der Waals surface area contributed by atoms with E-state index in [0.29, 0.717) is 31.2 Å². The zero-order valence-corrected chi connectivity index (χ0v) is 14.0. The third kappa shape index (κ3) is 4.56. The lowest BCUT2D eigenvalue weighted by atomic mass is 9.93. The Hall–Kier alpha value is -1.85. The number of hydrogen-bond acceptors (Lipinski definition) is 4. The highest BCUT2D eigenvalue weighted by atomic mass is 16.5. The van der Waals surface area contributed by atoms with Gasteiger partial charge in [-0.2, -0.15) is 0 Å². The van der Waals surface area contributed by atoms with Crippen LogP contribution in [0.25, 0.3) is 0 Å². The van der Waals surface area contributed by atoms with Crippen LogP contribution < -0.4 is 0 Å². The summed E-state index contributed by atoms with van der Waals surface area (Å²) in [5, 5.41) is 12.8. The van der Waals surface area contributed by atoms with Gasteiger partial charge in [-0.3, -0.25) is 9.59 Å². The molecular formula is C17H26N2O4. The summed E-state index contributed by atoms with van der Waals surface area (Å²) in [6.45, 7) is 5.50. The molecule has 1 atom stereocenters. The Labute approximate surface area is 136 Å². The van der Waals surface area contributed by atoms with Crippen molar-refractivity contribution in [2.24, 2.45) is 5.92 Å². The molecule has 1 aromatic heterocycles. The summed E-state index contributed by atoms with van der Waals surface area (Å²) >= 11 is 0. The number of carboxylic acid groups (broad SMARTS) is 1. The van der Waals surface area contributed by atoms with E-state index in [2.05, 4.69) is 19.0 Å². The molecule has 1 aromatic rings. The fourth-order valence-electron chi connectivity index (χ4n) is 3.26. The molecule has 0 aromatic carbocycles. The van der Waals surface area contributed by atoms with Crippen LogP contribution in [0.5, 0.6) is 0 Å². The third-order valence-corrected chi connectivity index (χ3v) is 4.72. The number of carbonyl (C=O) groups excluding carboxylic acids is 1. The molecule has 1 amide bonds. The van der Waals surface area contributed by atoms with E-state index in [0.717, 1.165) is 31.4 Å². The summed E-state index contributed by atoms with van der Waals surface area (Å²) < 4.78 is 5.26. The van der Waals surface area contributed by atoms with Gasteiger partial charge in [-0.25, -0.2) is 0 Å². The Balaban J connectivity index is 1.98. The number of nitrogens with zero attached hydrogens (tertiary/aromatic N) is 2. The standard InChI is InChI=1S/C17H26N2O4/c1-3-13(4-2)14-10-15(23-18-14)17(22)19-9-5-6-12(11-19)7-8-16(20)21/h10,12-13H,3-9,11H2,1-2H3,(H,20,21). The molecule has 0 radical (unpaired) electrons. The maximum atomic E-state index is 12.6. The summed E-state index contributed by atoms with van der Waals surface area (Å²) in [6, 6.07) is 1.76. The van der Waals surface area contributed by atoms with Crippen LogP contribution in [0.3, 0.4) is 0 Å². The van der Waals surface area contributed by atoms with Crippen molar-refractivity contribution < 1.29 is 19.2 Å². The summed E-state index contributed by atoms with van der Waals surface area (Å²) in [7, 11) is 0. The second-order valence-corrected chi connectivity index (χ2v) is 6.32. The molecule has 0 spiro atoms. The summed E-state index contributed by atoms with van der Waals surface area (Å²) in [6.07, 6.45) is 4.60. The molecule has 1 unspecified atom stereocenters. The quantitative estimate of drug-likeness (QED) is 0.832. The van der Waals surface area contributed by atoms with Gasteiger partial charge < -0.3 is 14.5 Å². The highest BCUT2D eigenvalue weighted by Crippen LogP contribution is 2.25. The number of carbonyl (C=O) groups is 2. The molecule has 1 fully saturated rings. The van der Waals surface area contributed by atoms with Crippen molar-refractivity contribution in [2.45, 2.75) is 58.3 Å². The summed E-state index contributed by atoms with van der Waals surface area (Å²) in [5.41, 5.74) is 0.845. The molecule has 1 saturated heterocycles. The first-order valence-corrected chi connectivity index (χ1v) is 8.52. The molecule has 23 heavy (non-hydrogen) atoms. The highest BCUT2D eigenvalue weighted by molar-refractivity contribution is 5.91. The third-order valence-electron chi connectivity index (χ3n) is 4.72. The lowest BCUT2D eigenvalue weighted by Gasteiger charge is -2.31. The van der Waals surface area contributed by atoms with Crippen LogP contribution in [0.2, 0.25) is 0 Å². The average Bonchev–Trinajstić information content (AvgIpc) is 3.03. The van der Waals surface area contributed by atoms with E-state index in [1.807, 2.05) is 0 Å². The second-order valence-electron chi connectivity index (χ2n) is 6.32. The molecule has 0 saturated carbocycles. The van der Waals surface area contributed by atoms with E-state index >= 15 is 0 Å². The van der Waals surface area contributed by atoms with Crippen molar-refractivity contribution in [2.75, 3.05) is 13.1 Å². The van der Waals surface area contributed by atoms with E-state index < -0.39 is 5.97 Å². The smallest absolute Gasteiger partial charge is 0.303 e. The molecule has 0 aliphatic carbocycles. The molecule has 1 aliphatic rings. The molecule has 1 N–H and O–H groups in total. The normalized spacial score (nSPS) is 18.4. The van der Waals surface area contributed by atoms with Crippen LogP contribution in [0, 0.1) is 5.92 Å². The topological polar surface area (TPSA) is 83.6 Å². The van der Waals surface area contributed by atoms with Crippen LogP contribution in [-0.4, -0.2) is 40.1 Å². The van der Waals surface area contributed by atoms with Gasteiger partial charge in [0, 0.05) is 31.5 Å². The van der Waals surface area contributed by atoms with E-state index in [1.165, 1.54) is 0 Å². The number of aromatic nitrogens is 1. The van der Waals surface area contributed by atoms with E-state index in [1.54, 1.807) is 11.0 Å². The van der Waals surface area contributed by atoms with Crippen molar-refractivity contribution >= 4 is 11.9 Å². The van der Waals surface area contributed by atoms with Gasteiger partial charge in [0.2, 0.25) is 5.76 Å². The van der Waals surface area contributed by atoms with Crippen molar-refractivity contribution in [3.05, 3.63) is 17.5 Å². The number of amides is 1. The molecule has 0 bridgehead atoms. The number of likely N-dealkylation sites (tertiary alicyclic amines) is 1. The fourth-order valence-corrected chi connectivity index (χ4v) is 3.26. The highest BCUT2D eigenvalue weighted by Gasteiger charge is 2.27. The molecule has 1 aliphatic heterocycles. The van der Waals surface area contributed by atoms with Crippen molar-refractivity contribution in [1.29, 1.82) is 0 Å². The minimum Gasteiger partial charge on any atom is -0.481 e. The van der Waals surface area contributed by atoms with E-state index in [-0.39, 0.29) is 18.2 Å². The first kappa shape index (κ1) is 17.5. The molecule has 128 valence electrons. The van der Waals surface area contributed by atoms with Crippen molar-refractivity contribution in [3.8, 4) is 0 Å². The monoisotopic (exact) mass is 322 g/mol. The Bertz CT molecular complexity index is 536. The van der Waals surface area contributed by atoms with Crippen LogP contribution >= 0.6 is 0 Å². The predicted octanol–water partition coefficient (Wildman–Crippen LogP) is 3.30. The van der Waals surface area contributed by atoms with E-state index in [9.17, 15) is 9.59 Å². The molecule has 2 heterocycles. The van der Waals surface area contributed by atoms with Crippen LogP contribution in [0.15, 0.2) is 10.6 Å². The van der Waals surface area contributed by atoms with Gasteiger partial charge in [-0.1, -0.05) is 19.0 Å². The molecule has 2 rings (SSSR count). The molecule has 6 nitrogen and oxygen atoms in total. The Kier molecular flexibility index (Phi) is 6.19. The Morgan fingerprint density at radius 3 is 2.83 bits per heavy atom. The van der Waals surface area contributed by atoms with Crippen molar-refractivity contribution in [3.63, 3.8) is 0 Å². The van der Waals surface area contributed by atoms with Crippen LogP contribution in [0.4, 0.5) is 0 Å². The van der Waals surface area contributed by atoms with Crippen LogP contribution in [0.1, 0.15) is 74.5 Å². The Morgan fingerprint density at radius 1 is 1.43 bits per heavy atom. The number of piperidine rings is 1. The number of rotatable bonds is 7. The predicted molar refractivity (Wildman–Crippen MR) is 85.3 cm³/mol. The number of hydrogen-bond donors (Lipinski definition) is 1. The lowest BCUT2D eigenvalue weighted by molar-refractivity contribution is -0.137. The fraction of sp³-hybridized carbons (Fsp3) is 0.706. The molecule has 6 heteroatoms. The van der Waals surface area contributed by atoms with Crippen molar-refractivity contribution in [1.82, 2.24) is 10.1 Å². The maximum absolute atomic E-state index is 12.6.